The first-order chi connectivity index (χ1) is 13.9. The largest absolute Gasteiger partial charge is 0.270 e. The van der Waals surface area contributed by atoms with E-state index in [-0.39, 0.29) is 46.3 Å². The molecule has 1 fully saturated rings. The van der Waals surface area contributed by atoms with Crippen LogP contribution in [0.3, 0.4) is 0 Å². The lowest BCUT2D eigenvalue weighted by Crippen LogP contribution is -2.43. The monoisotopic (exact) mass is 512 g/mol. The number of sulfone groups is 1. The summed E-state index contributed by atoms with van der Waals surface area (Å²) in [4.78, 5) is 10.6. The molecule has 0 bridgehead atoms. The smallest absolute Gasteiger partial charge is 0.258 e. The van der Waals surface area contributed by atoms with Crippen LogP contribution in [-0.4, -0.2) is 55.9 Å². The Morgan fingerprint density at radius 3 is 2.47 bits per heavy atom. The second-order valence-electron chi connectivity index (χ2n) is 6.90. The van der Waals surface area contributed by atoms with Gasteiger partial charge in [-0.3, -0.25) is 10.1 Å². The van der Waals surface area contributed by atoms with Crippen molar-refractivity contribution in [1.29, 1.82) is 0 Å². The first kappa shape index (κ1) is 23.6. The van der Waals surface area contributed by atoms with Crippen molar-refractivity contribution in [1.82, 2.24) is 4.31 Å². The van der Waals surface area contributed by atoms with Crippen LogP contribution in [0.1, 0.15) is 6.92 Å². The van der Waals surface area contributed by atoms with Gasteiger partial charge >= 0.3 is 0 Å². The maximum absolute atomic E-state index is 13.3. The average molecular weight is 513 g/mol. The lowest BCUT2D eigenvalue weighted by Gasteiger charge is -2.28. The van der Waals surface area contributed by atoms with E-state index in [9.17, 15) is 26.9 Å². The predicted octanol–water partition coefficient (Wildman–Crippen LogP) is 3.37. The number of allylic oxidation sites excluding steroid dienone is 3. The van der Waals surface area contributed by atoms with E-state index in [2.05, 4.69) is 0 Å². The summed E-state index contributed by atoms with van der Waals surface area (Å²) in [6, 6.07) is 3.63. The first-order valence-electron chi connectivity index (χ1n) is 8.81. The van der Waals surface area contributed by atoms with Crippen molar-refractivity contribution in [3.63, 3.8) is 0 Å². The number of hydrogen-bond acceptors (Lipinski definition) is 7. The van der Waals surface area contributed by atoms with E-state index >= 15 is 0 Å². The van der Waals surface area contributed by atoms with Crippen molar-refractivity contribution < 1.29 is 21.8 Å². The van der Waals surface area contributed by atoms with Gasteiger partial charge in [-0.15, -0.1) is 11.8 Å². The summed E-state index contributed by atoms with van der Waals surface area (Å²) in [7, 11) is -7.45. The highest BCUT2D eigenvalue weighted by atomic mass is 35.5. The summed E-state index contributed by atoms with van der Waals surface area (Å²) >= 11 is 13.5. The summed E-state index contributed by atoms with van der Waals surface area (Å²) in [5.41, 5.74) is -0.370. The Bertz CT molecular complexity index is 1130. The minimum Gasteiger partial charge on any atom is -0.258 e. The second kappa shape index (κ2) is 8.79. The molecule has 13 heteroatoms. The van der Waals surface area contributed by atoms with Gasteiger partial charge in [0.15, 0.2) is 9.84 Å². The predicted molar refractivity (Wildman–Crippen MR) is 117 cm³/mol. The number of nitro benzene ring substituents is 1. The molecule has 2 unspecified atom stereocenters. The zero-order valence-electron chi connectivity index (χ0n) is 15.7. The molecular weight excluding hydrogens is 495 g/mol. The normalized spacial score (nSPS) is 24.8. The molecule has 0 aromatic heterocycles. The van der Waals surface area contributed by atoms with Crippen LogP contribution >= 0.6 is 35.0 Å². The van der Waals surface area contributed by atoms with Crippen molar-refractivity contribution in [2.24, 2.45) is 5.92 Å². The fourth-order valence-corrected chi connectivity index (χ4v) is 8.35. The zero-order valence-corrected chi connectivity index (χ0v) is 19.7. The molecule has 164 valence electrons. The summed E-state index contributed by atoms with van der Waals surface area (Å²) in [6.45, 7) is 1.47. The third-order valence-electron chi connectivity index (χ3n) is 4.85. The third kappa shape index (κ3) is 5.03. The Kier molecular flexibility index (Phi) is 6.90. The number of nitro groups is 1. The maximum atomic E-state index is 13.3. The zero-order chi connectivity index (χ0) is 22.3. The fourth-order valence-electron chi connectivity index (χ4n) is 3.04. The van der Waals surface area contributed by atoms with Crippen LogP contribution in [0.2, 0.25) is 0 Å². The second-order valence-corrected chi connectivity index (χ2v) is 13.2. The van der Waals surface area contributed by atoms with Crippen molar-refractivity contribution >= 4 is 60.5 Å². The Hall–Kier alpha value is -1.11. The number of hydrogen-bond donors (Lipinski definition) is 0. The number of thioether (sulfide) groups is 1. The summed E-state index contributed by atoms with van der Waals surface area (Å²) in [5, 5.41) is 11.9. The molecule has 30 heavy (non-hydrogen) atoms. The van der Waals surface area contributed by atoms with Crippen molar-refractivity contribution in [2.75, 3.05) is 24.6 Å². The molecule has 2 aliphatic rings. The quantitative estimate of drug-likeness (QED) is 0.438. The van der Waals surface area contributed by atoms with E-state index in [0.717, 1.165) is 10.4 Å². The van der Waals surface area contributed by atoms with Crippen molar-refractivity contribution in [2.45, 2.75) is 22.0 Å². The van der Waals surface area contributed by atoms with Gasteiger partial charge in [-0.25, -0.2) is 16.8 Å². The van der Waals surface area contributed by atoms with Crippen molar-refractivity contribution in [3.05, 3.63) is 50.5 Å². The third-order valence-corrected chi connectivity index (χ3v) is 10.6. The molecule has 3 rings (SSSR count). The number of halogens is 2. The SMILES string of the molecule is CC1C(Cl)=CC(Cl)=CC1Sc1ccc([N+](=O)[O-])cc1S(=O)(=O)N1CCS(=O)(=O)CC1. The molecule has 1 aromatic carbocycles. The number of nitrogens with zero attached hydrogens (tertiary/aromatic N) is 2. The maximum Gasteiger partial charge on any atom is 0.270 e. The van der Waals surface area contributed by atoms with Gasteiger partial charge in [0.05, 0.1) is 16.4 Å². The van der Waals surface area contributed by atoms with Gasteiger partial charge in [-0.05, 0) is 12.1 Å². The van der Waals surface area contributed by atoms with Gasteiger partial charge < -0.3 is 0 Å². The molecule has 2 atom stereocenters. The minimum atomic E-state index is -4.15. The molecule has 8 nitrogen and oxygen atoms in total. The van der Waals surface area contributed by atoms with Gasteiger partial charge in [0.1, 0.15) is 4.90 Å². The lowest BCUT2D eigenvalue weighted by molar-refractivity contribution is -0.385. The average Bonchev–Trinajstić information content (AvgIpc) is 2.65. The highest BCUT2D eigenvalue weighted by Gasteiger charge is 2.35. The van der Waals surface area contributed by atoms with Crippen molar-refractivity contribution in [3.8, 4) is 0 Å². The Morgan fingerprint density at radius 2 is 1.87 bits per heavy atom. The molecule has 0 spiro atoms. The molecule has 1 aromatic rings. The minimum absolute atomic E-state index is 0.148. The van der Waals surface area contributed by atoms with E-state index in [0.29, 0.717) is 15.0 Å². The molecule has 1 aliphatic heterocycles. The van der Waals surface area contributed by atoms with E-state index < -0.39 is 24.8 Å². The van der Waals surface area contributed by atoms with Crippen LogP contribution in [0.25, 0.3) is 0 Å². The molecule has 0 amide bonds. The summed E-state index contributed by atoms with van der Waals surface area (Å²) < 4.78 is 50.9. The van der Waals surface area contributed by atoms with E-state index in [1.54, 1.807) is 12.2 Å². The van der Waals surface area contributed by atoms with Gasteiger partial charge in [0.25, 0.3) is 5.69 Å². The molecule has 1 saturated heterocycles. The highest BCUT2D eigenvalue weighted by Crippen LogP contribution is 2.42. The van der Waals surface area contributed by atoms with Gasteiger partial charge in [0, 0.05) is 51.4 Å². The number of sulfonamides is 1. The van der Waals surface area contributed by atoms with E-state index in [1.807, 2.05) is 6.92 Å². The lowest BCUT2D eigenvalue weighted by atomic mass is 10.0. The van der Waals surface area contributed by atoms with E-state index in [1.165, 1.54) is 23.9 Å². The van der Waals surface area contributed by atoms with Gasteiger partial charge in [-0.2, -0.15) is 4.31 Å². The van der Waals surface area contributed by atoms with Gasteiger partial charge in [-0.1, -0.05) is 36.2 Å². The van der Waals surface area contributed by atoms with Crippen LogP contribution < -0.4 is 0 Å². The Morgan fingerprint density at radius 1 is 1.23 bits per heavy atom. The highest BCUT2D eigenvalue weighted by molar-refractivity contribution is 8.01. The molecule has 1 aliphatic carbocycles. The topological polar surface area (TPSA) is 115 Å². The molecule has 0 saturated carbocycles. The molecule has 0 N–H and O–H groups in total. The van der Waals surface area contributed by atoms with E-state index in [4.69, 9.17) is 23.2 Å². The fraction of sp³-hybridized carbons (Fsp3) is 0.412. The Labute approximate surface area is 189 Å². The number of non-ortho nitro benzene ring substituents is 1. The Balaban J connectivity index is 2.01. The van der Waals surface area contributed by atoms with Gasteiger partial charge in [0.2, 0.25) is 10.0 Å². The van der Waals surface area contributed by atoms with Crippen LogP contribution in [0.15, 0.2) is 50.2 Å². The van der Waals surface area contributed by atoms with Crippen LogP contribution in [0.4, 0.5) is 5.69 Å². The summed E-state index contributed by atoms with van der Waals surface area (Å²) in [6.07, 6.45) is 3.36. The van der Waals surface area contributed by atoms with Crippen LogP contribution in [0.5, 0.6) is 0 Å². The molecular formula is C17H18Cl2N2O6S3. The molecule has 1 heterocycles. The first-order valence-corrected chi connectivity index (χ1v) is 13.7. The number of benzene rings is 1. The number of rotatable bonds is 5. The molecule has 0 radical (unpaired) electrons. The van der Waals surface area contributed by atoms with Crippen LogP contribution in [-0.2, 0) is 19.9 Å². The van der Waals surface area contributed by atoms with Crippen LogP contribution in [0, 0.1) is 16.0 Å². The summed E-state index contributed by atoms with van der Waals surface area (Å²) in [5.74, 6) is -0.727. The standard InChI is InChI=1S/C17H18Cl2N2O6S3/c1-11-14(19)8-12(18)9-16(11)28-15-3-2-13(21(22)23)10-17(15)30(26,27)20-4-6-29(24,25)7-5-20/h2-3,8-11,16H,4-7H2,1H3.